The first kappa shape index (κ1) is 29.7. The number of rotatable bonds is 8. The van der Waals surface area contributed by atoms with E-state index in [0.717, 1.165) is 28.8 Å². The van der Waals surface area contributed by atoms with Gasteiger partial charge in [-0.3, -0.25) is 14.4 Å². The van der Waals surface area contributed by atoms with Gasteiger partial charge >= 0.3 is 0 Å². The second-order valence-corrected chi connectivity index (χ2v) is 14.4. The third-order valence-electron chi connectivity index (χ3n) is 9.57. The monoisotopic (exact) mass is 599 g/mol. The van der Waals surface area contributed by atoms with Crippen molar-refractivity contribution in [3.8, 4) is 0 Å². The Morgan fingerprint density at radius 1 is 0.884 bits per heavy atom. The van der Waals surface area contributed by atoms with Crippen LogP contribution in [0.1, 0.15) is 42.9 Å². The Labute approximate surface area is 258 Å². The van der Waals surface area contributed by atoms with Crippen LogP contribution in [0.4, 0.5) is 5.69 Å². The molecule has 0 aromatic heterocycles. The molecule has 4 aliphatic heterocycles. The number of fused-ring (bicyclic) bond motifs is 2. The second kappa shape index (κ2) is 11.6. The van der Waals surface area contributed by atoms with Crippen LogP contribution in [-0.4, -0.2) is 74.4 Å². The number of carbonyl (C=O) groups is 3. The summed E-state index contributed by atoms with van der Waals surface area (Å²) in [6, 6.07) is 15.3. The highest BCUT2D eigenvalue weighted by atomic mass is 32.2. The lowest BCUT2D eigenvalue weighted by molar-refractivity contribution is -0.144. The quantitative estimate of drug-likeness (QED) is 0.353. The number of hydrogen-bond acceptors (Lipinski definition) is 5. The van der Waals surface area contributed by atoms with E-state index in [0.29, 0.717) is 39.0 Å². The van der Waals surface area contributed by atoms with Gasteiger partial charge in [0.15, 0.2) is 0 Å². The van der Waals surface area contributed by atoms with E-state index >= 15 is 0 Å². The summed E-state index contributed by atoms with van der Waals surface area (Å²) in [5, 5.41) is 9.36. The molecule has 1 N–H and O–H groups in total. The van der Waals surface area contributed by atoms with Crippen molar-refractivity contribution >= 4 is 35.2 Å². The molecule has 8 heteroatoms. The number of anilines is 1. The molecular weight excluding hydrogens is 558 g/mol. The number of hydrogen-bond donors (Lipinski definition) is 1. The van der Waals surface area contributed by atoms with E-state index in [9.17, 15) is 19.5 Å². The Morgan fingerprint density at radius 3 is 2.42 bits per heavy atom. The van der Waals surface area contributed by atoms with Gasteiger partial charge < -0.3 is 19.8 Å². The SMILES string of the molecule is Cc1ccc(C)c(N2CC=C[C@]34S[C@@]5(C)C=CCN(Cc6ccccc6)C(=O)[C@H]5[C@H]3C(=O)N(CCCCCO)C4C2=O)c1. The summed E-state index contributed by atoms with van der Waals surface area (Å²) in [7, 11) is 0. The Hall–Kier alpha value is -3.36. The van der Waals surface area contributed by atoms with Gasteiger partial charge in [-0.25, -0.2) is 0 Å². The summed E-state index contributed by atoms with van der Waals surface area (Å²) >= 11 is 1.63. The highest BCUT2D eigenvalue weighted by Crippen LogP contribution is 2.65. The number of thioether (sulfide) groups is 1. The highest BCUT2D eigenvalue weighted by molar-refractivity contribution is 8.02. The number of likely N-dealkylation sites (tertiary alicyclic amines) is 1. The van der Waals surface area contributed by atoms with Crippen molar-refractivity contribution in [2.75, 3.05) is 31.1 Å². The zero-order valence-electron chi connectivity index (χ0n) is 25.2. The molecule has 0 radical (unpaired) electrons. The van der Waals surface area contributed by atoms with Gasteiger partial charge in [0, 0.05) is 43.2 Å². The van der Waals surface area contributed by atoms with Crippen molar-refractivity contribution in [1.29, 1.82) is 0 Å². The first-order valence-corrected chi connectivity index (χ1v) is 16.2. The zero-order valence-corrected chi connectivity index (χ0v) is 26.1. The summed E-state index contributed by atoms with van der Waals surface area (Å²) < 4.78 is -1.50. The lowest BCUT2D eigenvalue weighted by atomic mass is 9.74. The van der Waals surface area contributed by atoms with Crippen LogP contribution in [0.5, 0.6) is 0 Å². The molecule has 1 spiro atoms. The largest absolute Gasteiger partial charge is 0.396 e. The molecule has 2 aromatic rings. The fraction of sp³-hybridized carbons (Fsp3) is 0.457. The molecule has 0 saturated carbocycles. The van der Waals surface area contributed by atoms with Crippen LogP contribution in [0.15, 0.2) is 72.8 Å². The Morgan fingerprint density at radius 2 is 1.65 bits per heavy atom. The van der Waals surface area contributed by atoms with Crippen molar-refractivity contribution in [2.24, 2.45) is 11.8 Å². The maximum atomic E-state index is 14.8. The highest BCUT2D eigenvalue weighted by Gasteiger charge is 2.73. The van der Waals surface area contributed by atoms with Crippen molar-refractivity contribution in [1.82, 2.24) is 9.80 Å². The number of benzene rings is 2. The second-order valence-electron chi connectivity index (χ2n) is 12.6. The summed E-state index contributed by atoms with van der Waals surface area (Å²) in [5.74, 6) is -1.49. The summed E-state index contributed by atoms with van der Waals surface area (Å²) in [4.78, 5) is 49.3. The van der Waals surface area contributed by atoms with Gasteiger partial charge in [-0.15, -0.1) is 11.8 Å². The van der Waals surface area contributed by atoms with Crippen molar-refractivity contribution in [2.45, 2.75) is 62.1 Å². The van der Waals surface area contributed by atoms with Gasteiger partial charge in [0.05, 0.1) is 16.6 Å². The molecule has 0 bridgehead atoms. The van der Waals surface area contributed by atoms with E-state index in [1.165, 1.54) is 0 Å². The molecular formula is C35H41N3O4S. The van der Waals surface area contributed by atoms with Crippen LogP contribution in [0.2, 0.25) is 0 Å². The zero-order chi connectivity index (χ0) is 30.4. The molecule has 226 valence electrons. The van der Waals surface area contributed by atoms with Crippen LogP contribution in [0.3, 0.4) is 0 Å². The lowest BCUT2D eigenvalue weighted by Crippen LogP contribution is -2.53. The van der Waals surface area contributed by atoms with E-state index in [1.54, 1.807) is 16.7 Å². The van der Waals surface area contributed by atoms with Gasteiger partial charge in [-0.1, -0.05) is 66.8 Å². The standard InChI is InChI=1S/C35H41N3O4S/c1-24-14-15-25(2)27(22-24)37-20-11-17-35-29(32(41)38(30(35)33(37)42)19-8-5-9-21-39)28-31(40)36(18-10-16-34(28,3)43-35)23-26-12-6-4-7-13-26/h4,6-7,10-17,22,28-30,39H,5,8-9,18-21,23H2,1-3H3/t28-,29+,30?,34+,35+/m1/s1. The van der Waals surface area contributed by atoms with Gasteiger partial charge in [0.25, 0.3) is 5.91 Å². The average molecular weight is 600 g/mol. The number of carbonyl (C=O) groups excluding carboxylic acids is 3. The predicted molar refractivity (Wildman–Crippen MR) is 171 cm³/mol. The number of unbranched alkanes of at least 4 members (excludes halogenated alkanes) is 2. The summed E-state index contributed by atoms with van der Waals surface area (Å²) in [6.07, 6.45) is 10.4. The maximum Gasteiger partial charge on any atom is 0.251 e. The molecule has 1 unspecified atom stereocenters. The van der Waals surface area contributed by atoms with E-state index in [-0.39, 0.29) is 24.3 Å². The number of amides is 3. The van der Waals surface area contributed by atoms with Gasteiger partial charge in [0.1, 0.15) is 6.04 Å². The molecule has 4 heterocycles. The normalized spacial score (nSPS) is 29.9. The third kappa shape index (κ3) is 5.02. The van der Waals surface area contributed by atoms with Gasteiger partial charge in [-0.05, 0) is 62.8 Å². The molecule has 6 rings (SSSR count). The van der Waals surface area contributed by atoms with Crippen LogP contribution >= 0.6 is 11.8 Å². The number of aliphatic hydroxyl groups is 1. The topological polar surface area (TPSA) is 81.2 Å². The summed E-state index contributed by atoms with van der Waals surface area (Å²) in [5.41, 5.74) is 3.97. The fourth-order valence-electron chi connectivity index (χ4n) is 7.55. The van der Waals surface area contributed by atoms with Crippen molar-refractivity contribution in [3.63, 3.8) is 0 Å². The minimum atomic E-state index is -0.868. The molecule has 7 nitrogen and oxygen atoms in total. The Bertz CT molecular complexity index is 1470. The van der Waals surface area contributed by atoms with E-state index in [4.69, 9.17) is 0 Å². The number of aryl methyl sites for hydroxylation is 2. The Kier molecular flexibility index (Phi) is 8.03. The summed E-state index contributed by atoms with van der Waals surface area (Å²) in [6.45, 7) is 7.98. The minimum Gasteiger partial charge on any atom is -0.396 e. The molecule has 2 aromatic carbocycles. The van der Waals surface area contributed by atoms with E-state index < -0.39 is 27.4 Å². The molecule has 3 amide bonds. The van der Waals surface area contributed by atoms with Crippen LogP contribution in [0, 0.1) is 25.7 Å². The lowest BCUT2D eigenvalue weighted by Gasteiger charge is -2.37. The minimum absolute atomic E-state index is 0.0311. The molecule has 4 aliphatic rings. The molecule has 0 aliphatic carbocycles. The maximum absolute atomic E-state index is 14.8. The average Bonchev–Trinajstić information content (AvgIpc) is 3.26. The number of nitrogens with zero attached hydrogens (tertiary/aromatic N) is 3. The van der Waals surface area contributed by atoms with Crippen LogP contribution in [-0.2, 0) is 20.9 Å². The molecule has 2 fully saturated rings. The molecule has 43 heavy (non-hydrogen) atoms. The first-order chi connectivity index (χ1) is 20.7. The van der Waals surface area contributed by atoms with E-state index in [2.05, 4.69) is 25.2 Å². The first-order valence-electron chi connectivity index (χ1n) is 15.4. The van der Waals surface area contributed by atoms with Gasteiger partial charge in [-0.2, -0.15) is 0 Å². The van der Waals surface area contributed by atoms with Crippen molar-refractivity contribution in [3.05, 3.63) is 89.5 Å². The van der Waals surface area contributed by atoms with Crippen LogP contribution < -0.4 is 4.90 Å². The third-order valence-corrected chi connectivity index (χ3v) is 11.4. The van der Waals surface area contributed by atoms with Crippen LogP contribution in [0.25, 0.3) is 0 Å². The Balaban J connectivity index is 1.42. The smallest absolute Gasteiger partial charge is 0.251 e. The predicted octanol–water partition coefficient (Wildman–Crippen LogP) is 4.65. The molecule has 5 atom stereocenters. The van der Waals surface area contributed by atoms with E-state index in [1.807, 2.05) is 78.3 Å². The molecule has 2 saturated heterocycles. The van der Waals surface area contributed by atoms with Crippen molar-refractivity contribution < 1.29 is 19.5 Å². The van der Waals surface area contributed by atoms with Gasteiger partial charge in [0.2, 0.25) is 11.8 Å². The fourth-order valence-corrected chi connectivity index (χ4v) is 9.71. The number of aliphatic hydroxyl groups excluding tert-OH is 1.